The van der Waals surface area contributed by atoms with Gasteiger partial charge in [-0.2, -0.15) is 0 Å². The van der Waals surface area contributed by atoms with Gasteiger partial charge in [-0.3, -0.25) is 0 Å². The summed E-state index contributed by atoms with van der Waals surface area (Å²) in [5.74, 6) is 0. The standard InChI is InChI=1S/C24H44S2Si5/c1-25-21-13-17-23(18-14-21)27(3,4)29(7,8)31(11,12)30(9,10)28(5,6)24-19-15-22(26-2)16-20-24/h13-20H,1-12H3. The van der Waals surface area contributed by atoms with Crippen LogP contribution in [0.25, 0.3) is 0 Å². The second-order valence-electron chi connectivity index (χ2n) is 11.6. The van der Waals surface area contributed by atoms with Crippen LogP contribution < -0.4 is 10.4 Å². The summed E-state index contributed by atoms with van der Waals surface area (Å²) in [5.41, 5.74) is 0. The first-order valence-corrected chi connectivity index (χ1v) is 32.8. The van der Waals surface area contributed by atoms with Gasteiger partial charge in [-0.05, 0) is 36.8 Å². The Hall–Kier alpha value is 0.224. The zero-order valence-corrected chi connectivity index (χ0v) is 28.6. The number of benzene rings is 2. The van der Waals surface area contributed by atoms with E-state index in [1.807, 2.05) is 23.5 Å². The molecule has 0 fully saturated rings. The highest BCUT2D eigenvalue weighted by atomic mass is 32.2. The van der Waals surface area contributed by atoms with E-state index in [-0.39, 0.29) is 0 Å². The van der Waals surface area contributed by atoms with Crippen LogP contribution in [0.5, 0.6) is 0 Å². The molecule has 172 valence electrons. The Morgan fingerprint density at radius 1 is 0.419 bits per heavy atom. The number of hydrogen-bond acceptors (Lipinski definition) is 2. The summed E-state index contributed by atoms with van der Waals surface area (Å²) < 4.78 is 0. The predicted molar refractivity (Wildman–Crippen MR) is 163 cm³/mol. The fourth-order valence-electron chi connectivity index (χ4n) is 5.08. The molecule has 0 radical (unpaired) electrons. The Morgan fingerprint density at radius 2 is 0.677 bits per heavy atom. The van der Waals surface area contributed by atoms with Gasteiger partial charge in [0.05, 0.1) is 15.2 Å². The molecule has 0 bridgehead atoms. The zero-order valence-electron chi connectivity index (χ0n) is 21.9. The molecule has 0 spiro atoms. The van der Waals surface area contributed by atoms with E-state index < -0.39 is 36.5 Å². The van der Waals surface area contributed by atoms with E-state index in [0.29, 0.717) is 0 Å². The smallest absolute Gasteiger partial charge is 0.0711 e. The molecule has 2 aromatic rings. The molecule has 0 saturated heterocycles. The van der Waals surface area contributed by atoms with Gasteiger partial charge >= 0.3 is 0 Å². The third kappa shape index (κ3) is 4.62. The molecule has 0 atom stereocenters. The van der Waals surface area contributed by atoms with Crippen molar-refractivity contribution in [3.05, 3.63) is 48.5 Å². The maximum absolute atomic E-state index is 2.82. The highest BCUT2D eigenvalue weighted by Gasteiger charge is 2.63. The van der Waals surface area contributed by atoms with Crippen LogP contribution in [0.3, 0.4) is 0 Å². The van der Waals surface area contributed by atoms with Gasteiger partial charge in [0.2, 0.25) is 0 Å². The van der Waals surface area contributed by atoms with Crippen LogP contribution in [0.1, 0.15) is 0 Å². The van der Waals surface area contributed by atoms with E-state index >= 15 is 0 Å². The third-order valence-electron chi connectivity index (χ3n) is 9.87. The normalized spacial score (nSPS) is 14.1. The minimum Gasteiger partial charge on any atom is -0.130 e. The zero-order chi connectivity index (χ0) is 23.9. The molecule has 0 aliphatic carbocycles. The molecule has 0 nitrogen and oxygen atoms in total. The number of hydrogen-bond donors (Lipinski definition) is 0. The molecule has 0 aliphatic rings. The molecular formula is C24H44S2Si5. The second-order valence-corrected chi connectivity index (χ2v) is 65.2. The third-order valence-corrected chi connectivity index (χ3v) is 105. The van der Waals surface area contributed by atoms with Crippen LogP contribution in [0.4, 0.5) is 0 Å². The molecule has 0 aromatic heterocycles. The van der Waals surface area contributed by atoms with Crippen molar-refractivity contribution in [2.24, 2.45) is 0 Å². The van der Waals surface area contributed by atoms with Gasteiger partial charge in [-0.1, -0.05) is 100 Å². The monoisotopic (exact) mass is 536 g/mol. The van der Waals surface area contributed by atoms with E-state index in [1.165, 1.54) is 9.79 Å². The minimum absolute atomic E-state index is 1.39. The van der Waals surface area contributed by atoms with Gasteiger partial charge in [-0.15, -0.1) is 23.5 Å². The summed E-state index contributed by atoms with van der Waals surface area (Å²) in [7, 11) is -7.44. The first-order chi connectivity index (χ1) is 14.1. The summed E-state index contributed by atoms with van der Waals surface area (Å²) in [6, 6.07) is 19.4. The molecule has 0 heterocycles. The first-order valence-electron chi connectivity index (χ1n) is 11.4. The maximum Gasteiger partial charge on any atom is 0.0711 e. The van der Waals surface area contributed by atoms with Crippen molar-refractivity contribution in [2.75, 3.05) is 12.5 Å². The summed E-state index contributed by atoms with van der Waals surface area (Å²) in [5, 5.41) is 3.38. The number of rotatable bonds is 8. The van der Waals surface area contributed by atoms with Crippen molar-refractivity contribution in [1.29, 1.82) is 0 Å². The van der Waals surface area contributed by atoms with Gasteiger partial charge in [0.25, 0.3) is 0 Å². The van der Waals surface area contributed by atoms with E-state index in [4.69, 9.17) is 0 Å². The largest absolute Gasteiger partial charge is 0.130 e. The lowest BCUT2D eigenvalue weighted by atomic mass is 10.4. The lowest BCUT2D eigenvalue weighted by molar-refractivity contribution is 1.48. The molecule has 0 N–H and O–H groups in total. The summed E-state index contributed by atoms with van der Waals surface area (Å²) in [6.07, 6.45) is 4.36. The van der Waals surface area contributed by atoms with Gasteiger partial charge in [-0.25, -0.2) is 0 Å². The van der Waals surface area contributed by atoms with Gasteiger partial charge in [0.1, 0.15) is 0 Å². The van der Waals surface area contributed by atoms with Crippen molar-refractivity contribution in [3.8, 4) is 0 Å². The highest BCUT2D eigenvalue weighted by Crippen LogP contribution is 2.39. The molecule has 0 saturated carbocycles. The molecule has 7 heteroatoms. The Balaban J connectivity index is 2.53. The fourth-order valence-corrected chi connectivity index (χ4v) is 115. The molecule has 0 amide bonds. The van der Waals surface area contributed by atoms with Crippen molar-refractivity contribution in [2.45, 2.75) is 75.3 Å². The average Bonchev–Trinajstić information content (AvgIpc) is 2.73. The van der Waals surface area contributed by atoms with Crippen molar-refractivity contribution < 1.29 is 0 Å². The Kier molecular flexibility index (Phi) is 8.39. The van der Waals surface area contributed by atoms with Crippen LogP contribution in [0.2, 0.25) is 65.5 Å². The molecule has 0 unspecified atom stereocenters. The lowest BCUT2D eigenvalue weighted by Crippen LogP contribution is -2.87. The van der Waals surface area contributed by atoms with Gasteiger partial charge in [0, 0.05) is 31.1 Å². The molecule has 0 aliphatic heterocycles. The molecule has 2 rings (SSSR count). The highest BCUT2D eigenvalue weighted by molar-refractivity contribution is 7.99. The molecule has 31 heavy (non-hydrogen) atoms. The van der Waals surface area contributed by atoms with Crippen LogP contribution in [-0.4, -0.2) is 49.0 Å². The SMILES string of the molecule is CSc1ccc([Si](C)(C)[Si](C)(C)[Si](C)(C)[Si](C)(C)[Si](C)(C)c2ccc(SC)cc2)cc1. The van der Waals surface area contributed by atoms with Crippen molar-refractivity contribution >= 4 is 70.4 Å². The van der Waals surface area contributed by atoms with Crippen LogP contribution >= 0.6 is 23.5 Å². The van der Waals surface area contributed by atoms with Crippen LogP contribution in [0, 0.1) is 0 Å². The summed E-state index contributed by atoms with van der Waals surface area (Å²) in [4.78, 5) is 2.78. The molecule has 2 aromatic carbocycles. The number of thioether (sulfide) groups is 2. The van der Waals surface area contributed by atoms with E-state index in [0.717, 1.165) is 0 Å². The van der Waals surface area contributed by atoms with E-state index in [2.05, 4.69) is 127 Å². The molecular weight excluding hydrogens is 493 g/mol. The maximum atomic E-state index is 2.82. The average molecular weight is 537 g/mol. The Morgan fingerprint density at radius 3 is 0.903 bits per heavy atom. The quantitative estimate of drug-likeness (QED) is 0.261. The van der Waals surface area contributed by atoms with E-state index in [1.54, 1.807) is 10.4 Å². The van der Waals surface area contributed by atoms with Crippen molar-refractivity contribution in [1.82, 2.24) is 0 Å². The Bertz CT molecular complexity index is 812. The second kappa shape index (κ2) is 9.46. The predicted octanol–water partition coefficient (Wildman–Crippen LogP) is 7.10. The topological polar surface area (TPSA) is 0 Å². The van der Waals surface area contributed by atoms with Gasteiger partial charge in [0.15, 0.2) is 0 Å². The Labute approximate surface area is 205 Å². The van der Waals surface area contributed by atoms with Crippen LogP contribution in [-0.2, 0) is 0 Å². The summed E-state index contributed by atoms with van der Waals surface area (Å²) in [6.45, 7) is 27.6. The fraction of sp³-hybridized carbons (Fsp3) is 0.500. The lowest BCUT2D eigenvalue weighted by Gasteiger charge is -2.59. The minimum atomic E-state index is -1.54. The van der Waals surface area contributed by atoms with Gasteiger partial charge < -0.3 is 0 Å². The first kappa shape index (κ1) is 27.5. The van der Waals surface area contributed by atoms with E-state index in [9.17, 15) is 0 Å². The summed E-state index contributed by atoms with van der Waals surface area (Å²) >= 11 is 3.71. The van der Waals surface area contributed by atoms with Crippen LogP contribution in [0.15, 0.2) is 58.3 Å². The van der Waals surface area contributed by atoms with Crippen molar-refractivity contribution in [3.63, 3.8) is 0 Å².